The van der Waals surface area contributed by atoms with Gasteiger partial charge in [0.05, 0.1) is 19.4 Å². The summed E-state index contributed by atoms with van der Waals surface area (Å²) < 4.78 is 17.8. The number of thiocarbonyl (C=S) groups is 1. The molecule has 180 valence electrons. The standard InChI is InChI=1S/C27H25BrN2O4S/c1-4-33-21-12-10-20(11-13-21)30-26(31)23(29(2)27(30)35)14-19-15-24(32-3)25(16-22(19)28)34-17-18-8-6-5-7-9-18/h5-16H,4,17H2,1-3H3/b23-14-. The van der Waals surface area contributed by atoms with Crippen molar-refractivity contribution in [2.45, 2.75) is 13.5 Å². The van der Waals surface area contributed by atoms with Gasteiger partial charge >= 0.3 is 0 Å². The van der Waals surface area contributed by atoms with Gasteiger partial charge in [-0.2, -0.15) is 0 Å². The van der Waals surface area contributed by atoms with E-state index in [0.717, 1.165) is 21.3 Å². The number of hydrogen-bond acceptors (Lipinski definition) is 5. The highest BCUT2D eigenvalue weighted by Crippen LogP contribution is 2.37. The van der Waals surface area contributed by atoms with Gasteiger partial charge in [0.1, 0.15) is 18.1 Å². The molecule has 0 aromatic heterocycles. The molecule has 0 atom stereocenters. The lowest BCUT2D eigenvalue weighted by atomic mass is 10.1. The van der Waals surface area contributed by atoms with Gasteiger partial charge in [0.25, 0.3) is 5.91 Å². The fourth-order valence-electron chi connectivity index (χ4n) is 3.66. The summed E-state index contributed by atoms with van der Waals surface area (Å²) in [7, 11) is 3.37. The Labute approximate surface area is 218 Å². The molecule has 0 N–H and O–H groups in total. The average Bonchev–Trinajstić information content (AvgIpc) is 3.08. The minimum atomic E-state index is -0.211. The molecule has 1 aliphatic rings. The zero-order chi connectivity index (χ0) is 24.9. The number of carbonyl (C=O) groups excluding carboxylic acids is 1. The molecule has 0 spiro atoms. The van der Waals surface area contributed by atoms with Crippen molar-refractivity contribution in [2.24, 2.45) is 0 Å². The summed E-state index contributed by atoms with van der Waals surface area (Å²) in [6.07, 6.45) is 1.79. The topological polar surface area (TPSA) is 51.2 Å². The van der Waals surface area contributed by atoms with E-state index in [1.54, 1.807) is 25.1 Å². The molecule has 1 heterocycles. The molecule has 4 rings (SSSR count). The minimum Gasteiger partial charge on any atom is -0.494 e. The van der Waals surface area contributed by atoms with Crippen molar-refractivity contribution in [1.29, 1.82) is 0 Å². The van der Waals surface area contributed by atoms with E-state index in [9.17, 15) is 4.79 Å². The molecule has 6 nitrogen and oxygen atoms in total. The number of likely N-dealkylation sites (N-methyl/N-ethyl adjacent to an activating group) is 1. The molecule has 1 saturated heterocycles. The molecule has 1 amide bonds. The van der Waals surface area contributed by atoms with Gasteiger partial charge in [-0.15, -0.1) is 0 Å². The van der Waals surface area contributed by atoms with Gasteiger partial charge < -0.3 is 19.1 Å². The highest BCUT2D eigenvalue weighted by atomic mass is 79.9. The van der Waals surface area contributed by atoms with Crippen molar-refractivity contribution in [3.63, 3.8) is 0 Å². The molecule has 0 unspecified atom stereocenters. The Kier molecular flexibility index (Phi) is 7.73. The summed E-state index contributed by atoms with van der Waals surface area (Å²) in [5, 5.41) is 0.399. The maximum atomic E-state index is 13.4. The molecule has 0 aliphatic carbocycles. The van der Waals surface area contributed by atoms with Gasteiger partial charge in [-0.25, -0.2) is 0 Å². The molecule has 0 saturated carbocycles. The number of anilines is 1. The van der Waals surface area contributed by atoms with Crippen molar-refractivity contribution in [3.05, 3.63) is 88.0 Å². The van der Waals surface area contributed by atoms with Crippen molar-refractivity contribution >= 4 is 50.9 Å². The van der Waals surface area contributed by atoms with Crippen molar-refractivity contribution in [3.8, 4) is 17.2 Å². The highest BCUT2D eigenvalue weighted by molar-refractivity contribution is 9.10. The van der Waals surface area contributed by atoms with Crippen LogP contribution >= 0.6 is 28.1 Å². The van der Waals surface area contributed by atoms with Crippen LogP contribution in [0.15, 0.2) is 76.9 Å². The Morgan fingerprint density at radius 1 is 1.00 bits per heavy atom. The second kappa shape index (κ2) is 10.9. The second-order valence-electron chi connectivity index (χ2n) is 7.74. The van der Waals surface area contributed by atoms with E-state index in [-0.39, 0.29) is 5.91 Å². The number of ether oxygens (including phenoxy) is 3. The number of halogens is 1. The fraction of sp³-hybridized carbons (Fsp3) is 0.185. The molecule has 8 heteroatoms. The zero-order valence-corrected chi connectivity index (χ0v) is 22.1. The fourth-order valence-corrected chi connectivity index (χ4v) is 4.38. The molecule has 3 aromatic carbocycles. The van der Waals surface area contributed by atoms with Crippen LogP contribution in [0, 0.1) is 0 Å². The van der Waals surface area contributed by atoms with E-state index in [2.05, 4.69) is 15.9 Å². The van der Waals surface area contributed by atoms with E-state index in [1.165, 1.54) is 4.90 Å². The number of methoxy groups -OCH3 is 1. The first-order valence-electron chi connectivity index (χ1n) is 11.0. The van der Waals surface area contributed by atoms with Gasteiger partial charge in [-0.1, -0.05) is 46.3 Å². The summed E-state index contributed by atoms with van der Waals surface area (Å²) in [6.45, 7) is 2.91. The smallest absolute Gasteiger partial charge is 0.281 e. The van der Waals surface area contributed by atoms with Crippen molar-refractivity contribution < 1.29 is 19.0 Å². The predicted molar refractivity (Wildman–Crippen MR) is 145 cm³/mol. The van der Waals surface area contributed by atoms with Crippen molar-refractivity contribution in [1.82, 2.24) is 4.90 Å². The Morgan fingerprint density at radius 3 is 2.37 bits per heavy atom. The maximum Gasteiger partial charge on any atom is 0.281 e. The van der Waals surface area contributed by atoms with E-state index in [1.807, 2.05) is 73.7 Å². The molecular weight excluding hydrogens is 528 g/mol. The van der Waals surface area contributed by atoms with Crippen LogP contribution in [0.3, 0.4) is 0 Å². The highest BCUT2D eigenvalue weighted by Gasteiger charge is 2.37. The number of carbonyl (C=O) groups is 1. The monoisotopic (exact) mass is 552 g/mol. The van der Waals surface area contributed by atoms with E-state index in [4.69, 9.17) is 26.4 Å². The zero-order valence-electron chi connectivity index (χ0n) is 19.7. The van der Waals surface area contributed by atoms with Gasteiger partial charge in [0.15, 0.2) is 16.6 Å². The van der Waals surface area contributed by atoms with E-state index in [0.29, 0.717) is 41.2 Å². The maximum absolute atomic E-state index is 13.4. The predicted octanol–water partition coefficient (Wildman–Crippen LogP) is 6.04. The molecule has 3 aromatic rings. The number of benzene rings is 3. The molecule has 0 radical (unpaired) electrons. The quantitative estimate of drug-likeness (QED) is 0.251. The van der Waals surface area contributed by atoms with Crippen LogP contribution in [0.2, 0.25) is 0 Å². The first-order chi connectivity index (χ1) is 16.9. The van der Waals surface area contributed by atoms with Gasteiger partial charge in [-0.05, 0) is 72.7 Å². The Hall–Kier alpha value is -3.36. The third kappa shape index (κ3) is 5.33. The second-order valence-corrected chi connectivity index (χ2v) is 8.96. The first-order valence-corrected chi connectivity index (χ1v) is 12.2. The summed E-state index contributed by atoms with van der Waals surface area (Å²) in [6, 6.07) is 20.9. The Morgan fingerprint density at radius 2 is 1.71 bits per heavy atom. The number of nitrogens with zero attached hydrogens (tertiary/aromatic N) is 2. The third-order valence-electron chi connectivity index (χ3n) is 5.48. The SMILES string of the molecule is CCOc1ccc(N2C(=O)/C(=C/c3cc(OC)c(OCc4ccccc4)cc3Br)N(C)C2=S)cc1. The normalized spacial score (nSPS) is 14.6. The molecule has 35 heavy (non-hydrogen) atoms. The van der Waals surface area contributed by atoms with Crippen molar-refractivity contribution in [2.75, 3.05) is 25.7 Å². The van der Waals surface area contributed by atoms with Gasteiger partial charge in [0, 0.05) is 11.5 Å². The lowest BCUT2D eigenvalue weighted by Crippen LogP contribution is -2.31. The van der Waals surface area contributed by atoms with Crippen LogP contribution in [0.25, 0.3) is 6.08 Å². The van der Waals surface area contributed by atoms with Crippen LogP contribution < -0.4 is 19.1 Å². The van der Waals surface area contributed by atoms with Crippen LogP contribution in [0.1, 0.15) is 18.1 Å². The minimum absolute atomic E-state index is 0.211. The molecule has 0 bridgehead atoms. The number of hydrogen-bond donors (Lipinski definition) is 0. The summed E-state index contributed by atoms with van der Waals surface area (Å²) in [5.41, 5.74) is 2.95. The first kappa shape index (κ1) is 24.8. The summed E-state index contributed by atoms with van der Waals surface area (Å²) in [5.74, 6) is 1.69. The number of amides is 1. The van der Waals surface area contributed by atoms with Crippen LogP contribution in [0.5, 0.6) is 17.2 Å². The number of rotatable bonds is 8. The average molecular weight is 553 g/mol. The Balaban J connectivity index is 1.60. The lowest BCUT2D eigenvalue weighted by molar-refractivity contribution is -0.114. The van der Waals surface area contributed by atoms with Crippen LogP contribution in [-0.2, 0) is 11.4 Å². The van der Waals surface area contributed by atoms with Gasteiger partial charge in [0.2, 0.25) is 0 Å². The molecule has 1 aliphatic heterocycles. The molecule has 1 fully saturated rings. The van der Waals surface area contributed by atoms with Crippen LogP contribution in [-0.4, -0.2) is 36.7 Å². The van der Waals surface area contributed by atoms with E-state index < -0.39 is 0 Å². The Bertz CT molecular complexity index is 1260. The largest absolute Gasteiger partial charge is 0.494 e. The lowest BCUT2D eigenvalue weighted by Gasteiger charge is -2.16. The summed E-state index contributed by atoms with van der Waals surface area (Å²) in [4.78, 5) is 16.6. The van der Waals surface area contributed by atoms with E-state index >= 15 is 0 Å². The van der Waals surface area contributed by atoms with Crippen LogP contribution in [0.4, 0.5) is 5.69 Å². The molecular formula is C27H25BrN2O4S. The summed E-state index contributed by atoms with van der Waals surface area (Å²) >= 11 is 9.20. The van der Waals surface area contributed by atoms with Gasteiger partial charge in [-0.3, -0.25) is 9.69 Å². The third-order valence-corrected chi connectivity index (χ3v) is 6.62.